The van der Waals surface area contributed by atoms with Gasteiger partial charge in [-0.2, -0.15) is 8.78 Å². The normalized spacial score (nSPS) is 10.9. The Morgan fingerprint density at radius 1 is 1.28 bits per heavy atom. The highest BCUT2D eigenvalue weighted by Gasteiger charge is 2.12. The fraction of sp³-hybridized carbons (Fsp3) is 0.227. The highest BCUT2D eigenvalue weighted by molar-refractivity contribution is 7.71. The number of amides is 1. The van der Waals surface area contributed by atoms with Crippen molar-refractivity contribution in [3.05, 3.63) is 75.3 Å². The summed E-state index contributed by atoms with van der Waals surface area (Å²) in [4.78, 5) is 28.1. The molecule has 32 heavy (non-hydrogen) atoms. The van der Waals surface area contributed by atoms with Crippen LogP contribution in [0, 0.1) is 4.77 Å². The number of hydrogen-bond acceptors (Lipinski definition) is 5. The average molecular weight is 461 g/mol. The van der Waals surface area contributed by atoms with E-state index in [1.54, 1.807) is 36.4 Å². The second-order valence-corrected chi connectivity index (χ2v) is 7.15. The molecule has 2 aromatic carbocycles. The van der Waals surface area contributed by atoms with Crippen LogP contribution in [-0.4, -0.2) is 35.7 Å². The molecule has 2 N–H and O–H groups in total. The summed E-state index contributed by atoms with van der Waals surface area (Å²) < 4.78 is 36.0. The molecule has 1 amide bonds. The van der Waals surface area contributed by atoms with E-state index in [0.717, 1.165) is 5.56 Å². The number of ether oxygens (including phenoxy) is 2. The molecule has 0 aliphatic heterocycles. The van der Waals surface area contributed by atoms with Gasteiger partial charge in [0.15, 0.2) is 16.3 Å². The number of nitrogens with zero attached hydrogens (tertiary/aromatic N) is 1. The van der Waals surface area contributed by atoms with E-state index in [4.69, 9.17) is 17.0 Å². The van der Waals surface area contributed by atoms with Gasteiger partial charge >= 0.3 is 6.61 Å². The summed E-state index contributed by atoms with van der Waals surface area (Å²) in [6.07, 6.45) is 2.02. The molecule has 1 aromatic heterocycles. The van der Waals surface area contributed by atoms with E-state index in [-0.39, 0.29) is 34.3 Å². The van der Waals surface area contributed by atoms with Crippen molar-refractivity contribution in [2.24, 2.45) is 0 Å². The summed E-state index contributed by atoms with van der Waals surface area (Å²) in [5.74, 6) is -0.205. The van der Waals surface area contributed by atoms with Crippen molar-refractivity contribution < 1.29 is 23.0 Å². The molecule has 0 atom stereocenters. The van der Waals surface area contributed by atoms with E-state index in [1.165, 1.54) is 17.7 Å². The molecule has 0 aliphatic carbocycles. The van der Waals surface area contributed by atoms with Crippen LogP contribution in [0.3, 0.4) is 0 Å². The van der Waals surface area contributed by atoms with Gasteiger partial charge in [0.2, 0.25) is 0 Å². The minimum absolute atomic E-state index is 0.0593. The van der Waals surface area contributed by atoms with Crippen molar-refractivity contribution in [1.82, 2.24) is 14.9 Å². The monoisotopic (exact) mass is 461 g/mol. The van der Waals surface area contributed by atoms with Gasteiger partial charge in [-0.25, -0.2) is 0 Å². The Kier molecular flexibility index (Phi) is 7.37. The van der Waals surface area contributed by atoms with Crippen molar-refractivity contribution >= 4 is 29.0 Å². The van der Waals surface area contributed by atoms with Crippen LogP contribution in [-0.2, 0) is 13.0 Å². The van der Waals surface area contributed by atoms with Crippen LogP contribution in [0.2, 0.25) is 0 Å². The van der Waals surface area contributed by atoms with Crippen LogP contribution < -0.4 is 20.3 Å². The van der Waals surface area contributed by atoms with E-state index in [0.29, 0.717) is 29.4 Å². The van der Waals surface area contributed by atoms with Gasteiger partial charge in [-0.1, -0.05) is 12.1 Å². The molecule has 0 bridgehead atoms. The summed E-state index contributed by atoms with van der Waals surface area (Å²) in [7, 11) is 1.36. The van der Waals surface area contributed by atoms with Gasteiger partial charge < -0.3 is 19.8 Å². The molecule has 1 heterocycles. The second-order valence-electron chi connectivity index (χ2n) is 6.76. The molecular formula is C22H21F2N3O4S. The Balaban J connectivity index is 1.70. The third-order valence-electron chi connectivity index (χ3n) is 4.70. The third-order valence-corrected chi connectivity index (χ3v) is 5.02. The quantitative estimate of drug-likeness (QED) is 0.374. The molecule has 0 radical (unpaired) electrons. The third kappa shape index (κ3) is 5.20. The maximum Gasteiger partial charge on any atom is 0.387 e. The highest BCUT2D eigenvalue weighted by atomic mass is 32.1. The molecule has 0 fully saturated rings. The van der Waals surface area contributed by atoms with E-state index in [9.17, 15) is 18.4 Å². The molecule has 0 aliphatic rings. The summed E-state index contributed by atoms with van der Waals surface area (Å²) in [6, 6.07) is 9.30. The summed E-state index contributed by atoms with van der Waals surface area (Å²) in [5, 5.41) is 3.20. The van der Waals surface area contributed by atoms with Crippen molar-refractivity contribution in [3.8, 4) is 11.5 Å². The molecular weight excluding hydrogens is 440 g/mol. The van der Waals surface area contributed by atoms with Gasteiger partial charge in [0, 0.05) is 18.7 Å². The fourth-order valence-electron chi connectivity index (χ4n) is 3.17. The van der Waals surface area contributed by atoms with Crippen LogP contribution >= 0.6 is 12.2 Å². The SMILES string of the molecule is C=CCn1c(=S)[nH]c2cc(C(=O)NCCc3ccc(OC(F)F)c(OC)c3)ccc2c1=O. The van der Waals surface area contributed by atoms with Crippen LogP contribution in [0.25, 0.3) is 10.9 Å². The Bertz CT molecular complexity index is 1270. The fourth-order valence-corrected chi connectivity index (χ4v) is 3.44. The number of aromatic nitrogens is 2. The van der Waals surface area contributed by atoms with Crippen molar-refractivity contribution in [1.29, 1.82) is 0 Å². The molecule has 168 valence electrons. The lowest BCUT2D eigenvalue weighted by atomic mass is 10.1. The zero-order chi connectivity index (χ0) is 23.3. The standard InChI is InChI=1S/C22H21F2N3O4S/c1-3-10-27-20(29)15-6-5-14(12-16(15)26-22(27)32)19(28)25-9-8-13-4-7-17(31-21(23)24)18(11-13)30-2/h3-7,11-12,21H,1,8-10H2,2H3,(H,25,28)(H,26,32). The first-order valence-corrected chi connectivity index (χ1v) is 10.0. The van der Waals surface area contributed by atoms with E-state index >= 15 is 0 Å². The predicted octanol–water partition coefficient (Wildman–Crippen LogP) is 3.83. The molecule has 0 saturated heterocycles. The number of nitrogens with one attached hydrogen (secondary N) is 2. The smallest absolute Gasteiger partial charge is 0.387 e. The molecule has 0 saturated carbocycles. The molecule has 0 unspecified atom stereocenters. The predicted molar refractivity (Wildman–Crippen MR) is 119 cm³/mol. The van der Waals surface area contributed by atoms with Gasteiger partial charge in [-0.3, -0.25) is 14.2 Å². The molecule has 3 aromatic rings. The van der Waals surface area contributed by atoms with E-state index < -0.39 is 6.61 Å². The Morgan fingerprint density at radius 3 is 2.75 bits per heavy atom. The number of benzene rings is 2. The zero-order valence-corrected chi connectivity index (χ0v) is 18.0. The average Bonchev–Trinajstić information content (AvgIpc) is 2.76. The molecule has 10 heteroatoms. The van der Waals surface area contributed by atoms with E-state index in [1.807, 2.05) is 0 Å². The van der Waals surface area contributed by atoms with Crippen LogP contribution in [0.15, 0.2) is 53.8 Å². The number of H-pyrrole nitrogens is 1. The topological polar surface area (TPSA) is 85.3 Å². The Hall–Kier alpha value is -3.53. The minimum Gasteiger partial charge on any atom is -0.493 e. The lowest BCUT2D eigenvalue weighted by Crippen LogP contribution is -2.26. The first-order valence-electron chi connectivity index (χ1n) is 9.61. The zero-order valence-electron chi connectivity index (χ0n) is 17.2. The number of aromatic amines is 1. The number of fused-ring (bicyclic) bond motifs is 1. The van der Waals surface area contributed by atoms with Crippen molar-refractivity contribution in [2.45, 2.75) is 19.6 Å². The number of carbonyl (C=O) groups excluding carboxylic acids is 1. The number of rotatable bonds is 9. The summed E-state index contributed by atoms with van der Waals surface area (Å²) in [6.45, 7) is 1.25. The first kappa shape index (κ1) is 23.1. The lowest BCUT2D eigenvalue weighted by molar-refractivity contribution is -0.0512. The van der Waals surface area contributed by atoms with Crippen molar-refractivity contribution in [2.75, 3.05) is 13.7 Å². The number of halogens is 2. The molecule has 0 spiro atoms. The highest BCUT2D eigenvalue weighted by Crippen LogP contribution is 2.29. The summed E-state index contributed by atoms with van der Waals surface area (Å²) >= 11 is 5.22. The summed E-state index contributed by atoms with van der Waals surface area (Å²) in [5.41, 5.74) is 1.34. The van der Waals surface area contributed by atoms with E-state index in [2.05, 4.69) is 21.6 Å². The molecule has 7 nitrogen and oxygen atoms in total. The number of methoxy groups -OCH3 is 1. The molecule has 3 rings (SSSR count). The largest absolute Gasteiger partial charge is 0.493 e. The number of allylic oxidation sites excluding steroid dienone is 1. The van der Waals surface area contributed by atoms with Crippen LogP contribution in [0.4, 0.5) is 8.78 Å². The minimum atomic E-state index is -2.95. The van der Waals surface area contributed by atoms with Crippen molar-refractivity contribution in [3.63, 3.8) is 0 Å². The maximum absolute atomic E-state index is 12.6. The number of hydrogen-bond donors (Lipinski definition) is 2. The van der Waals surface area contributed by atoms with Crippen LogP contribution in [0.1, 0.15) is 15.9 Å². The first-order chi connectivity index (χ1) is 15.3. The number of alkyl halides is 2. The van der Waals surface area contributed by atoms with Gasteiger partial charge in [0.25, 0.3) is 11.5 Å². The van der Waals surface area contributed by atoms with Gasteiger partial charge in [0.05, 0.1) is 18.0 Å². The second kappa shape index (κ2) is 10.2. The van der Waals surface area contributed by atoms with Gasteiger partial charge in [0.1, 0.15) is 0 Å². The Morgan fingerprint density at radius 2 is 2.06 bits per heavy atom. The van der Waals surface area contributed by atoms with Crippen LogP contribution in [0.5, 0.6) is 11.5 Å². The Labute approximate surface area is 187 Å². The lowest BCUT2D eigenvalue weighted by Gasteiger charge is -2.12. The maximum atomic E-state index is 12.6. The van der Waals surface area contributed by atoms with Gasteiger partial charge in [-0.15, -0.1) is 6.58 Å². The van der Waals surface area contributed by atoms with Gasteiger partial charge in [-0.05, 0) is 54.5 Å². The number of carbonyl (C=O) groups is 1.